The summed E-state index contributed by atoms with van der Waals surface area (Å²) in [6, 6.07) is 5.32. The number of amides is 1. The maximum Gasteiger partial charge on any atom is 0.224 e. The molecule has 1 saturated heterocycles. The number of β-amino-alcohol motifs (C(OH)–C–C–N with tert-alkyl or cyclic N) is 1. The zero-order valence-electron chi connectivity index (χ0n) is 14.7. The Morgan fingerprint density at radius 3 is 2.77 bits per heavy atom. The Morgan fingerprint density at radius 2 is 2.12 bits per heavy atom. The highest BCUT2D eigenvalue weighted by Crippen LogP contribution is 2.26. The van der Waals surface area contributed by atoms with E-state index in [0.29, 0.717) is 23.1 Å². The van der Waals surface area contributed by atoms with Crippen molar-refractivity contribution < 1.29 is 9.90 Å². The summed E-state index contributed by atoms with van der Waals surface area (Å²) in [6.45, 7) is 5.57. The van der Waals surface area contributed by atoms with Crippen LogP contribution in [0, 0.1) is 19.8 Å². The van der Waals surface area contributed by atoms with Gasteiger partial charge in [0.2, 0.25) is 5.91 Å². The van der Waals surface area contributed by atoms with Gasteiger partial charge < -0.3 is 15.7 Å². The van der Waals surface area contributed by atoms with E-state index in [0.717, 1.165) is 29.2 Å². The number of halogens is 2. The van der Waals surface area contributed by atoms with Crippen LogP contribution in [0.1, 0.15) is 17.0 Å². The molecule has 140 valence electrons. The van der Waals surface area contributed by atoms with Gasteiger partial charge in [0.15, 0.2) is 0 Å². The summed E-state index contributed by atoms with van der Waals surface area (Å²) in [6.07, 6.45) is -0.161. The fourth-order valence-corrected chi connectivity index (χ4v) is 3.49. The molecule has 1 amide bonds. The van der Waals surface area contributed by atoms with Gasteiger partial charge in [-0.25, -0.2) is 4.68 Å². The highest BCUT2D eigenvalue weighted by molar-refractivity contribution is 6.42. The highest BCUT2D eigenvalue weighted by atomic mass is 35.5. The lowest BCUT2D eigenvalue weighted by atomic mass is 10.1. The van der Waals surface area contributed by atoms with Gasteiger partial charge in [-0.2, -0.15) is 5.10 Å². The average Bonchev–Trinajstić information content (AvgIpc) is 3.13. The first-order chi connectivity index (χ1) is 12.4. The third kappa shape index (κ3) is 4.04. The molecule has 0 radical (unpaired) electrons. The summed E-state index contributed by atoms with van der Waals surface area (Å²) in [4.78, 5) is 12.3. The molecule has 2 aromatic rings. The van der Waals surface area contributed by atoms with Crippen LogP contribution in [0.5, 0.6) is 0 Å². The molecule has 1 aromatic heterocycles. The van der Waals surface area contributed by atoms with E-state index >= 15 is 0 Å². The Kier molecular flexibility index (Phi) is 5.87. The minimum absolute atomic E-state index is 0.0556. The first-order valence-electron chi connectivity index (χ1n) is 8.52. The maximum absolute atomic E-state index is 12.3. The number of aliphatic hydroxyl groups excluding tert-OH is 1. The van der Waals surface area contributed by atoms with Crippen molar-refractivity contribution in [3.63, 3.8) is 0 Å². The second-order valence-electron chi connectivity index (χ2n) is 6.63. The summed E-state index contributed by atoms with van der Waals surface area (Å²) in [5, 5.41) is 21.3. The largest absolute Gasteiger partial charge is 0.391 e. The van der Waals surface area contributed by atoms with Gasteiger partial charge in [-0.15, -0.1) is 0 Å². The maximum atomic E-state index is 12.3. The predicted octanol–water partition coefficient (Wildman–Crippen LogP) is 2.03. The summed E-state index contributed by atoms with van der Waals surface area (Å²) in [5.41, 5.74) is 3.37. The quantitative estimate of drug-likeness (QED) is 0.722. The molecular formula is C18H22Cl2N4O2. The molecule has 1 aliphatic heterocycles. The Bertz CT molecular complexity index is 822. The van der Waals surface area contributed by atoms with E-state index in [2.05, 4.69) is 15.7 Å². The molecule has 26 heavy (non-hydrogen) atoms. The van der Waals surface area contributed by atoms with E-state index in [-0.39, 0.29) is 18.2 Å². The summed E-state index contributed by atoms with van der Waals surface area (Å²) >= 11 is 12.1. The number of nitrogens with one attached hydrogen (secondary N) is 2. The SMILES string of the molecule is Cc1nn(-c2ccc(Cl)c(Cl)c2)c(C)c1CC(=O)NCC1CNCC1O. The molecule has 1 aliphatic rings. The van der Waals surface area contributed by atoms with Gasteiger partial charge in [0.05, 0.1) is 34.0 Å². The van der Waals surface area contributed by atoms with Crippen molar-refractivity contribution in [2.45, 2.75) is 26.4 Å². The average molecular weight is 397 g/mol. The lowest BCUT2D eigenvalue weighted by Crippen LogP contribution is -2.35. The van der Waals surface area contributed by atoms with E-state index < -0.39 is 6.10 Å². The number of nitrogens with zero attached hydrogens (tertiary/aromatic N) is 2. The molecule has 1 fully saturated rings. The summed E-state index contributed by atoms with van der Waals surface area (Å²) < 4.78 is 1.77. The molecule has 8 heteroatoms. The molecule has 0 aliphatic carbocycles. The topological polar surface area (TPSA) is 79.2 Å². The Labute approximate surface area is 162 Å². The van der Waals surface area contributed by atoms with Crippen LogP contribution in [0.4, 0.5) is 0 Å². The minimum Gasteiger partial charge on any atom is -0.391 e. The van der Waals surface area contributed by atoms with Crippen LogP contribution in [0.3, 0.4) is 0 Å². The van der Waals surface area contributed by atoms with E-state index in [1.165, 1.54) is 0 Å². The third-order valence-corrected chi connectivity index (χ3v) is 5.53. The van der Waals surface area contributed by atoms with Gasteiger partial charge in [0.1, 0.15) is 0 Å². The number of hydrogen-bond donors (Lipinski definition) is 3. The molecule has 1 aromatic carbocycles. The van der Waals surface area contributed by atoms with Crippen LogP contribution in [-0.4, -0.2) is 46.5 Å². The monoisotopic (exact) mass is 396 g/mol. The molecule has 6 nitrogen and oxygen atoms in total. The van der Waals surface area contributed by atoms with Crippen molar-refractivity contribution in [2.75, 3.05) is 19.6 Å². The van der Waals surface area contributed by atoms with Crippen LogP contribution in [0.25, 0.3) is 5.69 Å². The highest BCUT2D eigenvalue weighted by Gasteiger charge is 2.25. The van der Waals surface area contributed by atoms with Crippen molar-refractivity contribution in [1.82, 2.24) is 20.4 Å². The number of rotatable bonds is 5. The normalized spacial score (nSPS) is 19.7. The standard InChI is InChI=1S/C18H22Cl2N4O2/c1-10-14(6-18(26)22-8-12-7-21-9-17(12)25)11(2)24(23-10)13-3-4-15(19)16(20)5-13/h3-5,12,17,21,25H,6-9H2,1-2H3,(H,22,26). The molecule has 2 atom stereocenters. The van der Waals surface area contributed by atoms with E-state index in [1.54, 1.807) is 16.8 Å². The van der Waals surface area contributed by atoms with Crippen LogP contribution >= 0.6 is 23.2 Å². The smallest absolute Gasteiger partial charge is 0.224 e. The van der Waals surface area contributed by atoms with E-state index in [1.807, 2.05) is 19.9 Å². The second-order valence-corrected chi connectivity index (χ2v) is 7.44. The summed E-state index contributed by atoms with van der Waals surface area (Å²) in [7, 11) is 0. The van der Waals surface area contributed by atoms with Crippen molar-refractivity contribution in [3.8, 4) is 5.69 Å². The first kappa shape index (κ1) is 19.2. The van der Waals surface area contributed by atoms with E-state index in [4.69, 9.17) is 23.2 Å². The molecule has 3 rings (SSSR count). The molecule has 0 bridgehead atoms. The van der Waals surface area contributed by atoms with Gasteiger partial charge in [0.25, 0.3) is 0 Å². The van der Waals surface area contributed by atoms with Crippen LogP contribution in [0.2, 0.25) is 10.0 Å². The van der Waals surface area contributed by atoms with Crippen molar-refractivity contribution >= 4 is 29.1 Å². The number of aryl methyl sites for hydroxylation is 1. The number of aliphatic hydroxyl groups is 1. The number of aromatic nitrogens is 2. The number of benzene rings is 1. The van der Waals surface area contributed by atoms with Crippen molar-refractivity contribution in [2.24, 2.45) is 5.92 Å². The molecule has 2 unspecified atom stereocenters. The second kappa shape index (κ2) is 7.96. The van der Waals surface area contributed by atoms with Crippen LogP contribution < -0.4 is 10.6 Å². The van der Waals surface area contributed by atoms with Crippen molar-refractivity contribution in [3.05, 3.63) is 45.2 Å². The molecule has 2 heterocycles. The van der Waals surface area contributed by atoms with Gasteiger partial charge in [-0.1, -0.05) is 23.2 Å². The molecule has 0 saturated carbocycles. The number of hydrogen-bond acceptors (Lipinski definition) is 4. The molecule has 0 spiro atoms. The van der Waals surface area contributed by atoms with Crippen LogP contribution in [-0.2, 0) is 11.2 Å². The van der Waals surface area contributed by atoms with Crippen molar-refractivity contribution in [1.29, 1.82) is 0 Å². The van der Waals surface area contributed by atoms with Gasteiger partial charge in [0, 0.05) is 36.8 Å². The van der Waals surface area contributed by atoms with Gasteiger partial charge in [-0.3, -0.25) is 4.79 Å². The predicted molar refractivity (Wildman–Crippen MR) is 102 cm³/mol. The molecule has 3 N–H and O–H groups in total. The fraction of sp³-hybridized carbons (Fsp3) is 0.444. The minimum atomic E-state index is -0.406. The lowest BCUT2D eigenvalue weighted by Gasteiger charge is -2.14. The lowest BCUT2D eigenvalue weighted by molar-refractivity contribution is -0.120. The third-order valence-electron chi connectivity index (χ3n) is 4.79. The Hall–Kier alpha value is -1.60. The van der Waals surface area contributed by atoms with E-state index in [9.17, 15) is 9.90 Å². The first-order valence-corrected chi connectivity index (χ1v) is 9.28. The Balaban J connectivity index is 1.71. The number of carbonyl (C=O) groups excluding carboxylic acids is 1. The van der Waals surface area contributed by atoms with Crippen LogP contribution in [0.15, 0.2) is 18.2 Å². The van der Waals surface area contributed by atoms with Gasteiger partial charge in [-0.05, 0) is 32.0 Å². The van der Waals surface area contributed by atoms with Gasteiger partial charge >= 0.3 is 0 Å². The zero-order chi connectivity index (χ0) is 18.8. The summed E-state index contributed by atoms with van der Waals surface area (Å²) in [5.74, 6) is -0.0240. The Morgan fingerprint density at radius 1 is 1.35 bits per heavy atom. The zero-order valence-corrected chi connectivity index (χ0v) is 16.2. The number of carbonyl (C=O) groups is 1. The molecular weight excluding hydrogens is 375 g/mol. The fourth-order valence-electron chi connectivity index (χ4n) is 3.19.